The third-order valence-corrected chi connectivity index (χ3v) is 4.10. The van der Waals surface area contributed by atoms with Gasteiger partial charge in [0.25, 0.3) is 5.56 Å². The van der Waals surface area contributed by atoms with E-state index in [2.05, 4.69) is 15.0 Å². The number of H-pyrrole nitrogens is 2. The van der Waals surface area contributed by atoms with Crippen molar-refractivity contribution >= 4 is 0 Å². The number of hydrogen-bond acceptors (Lipinski definition) is 5. The molecular weight excluding hydrogens is 346 g/mol. The summed E-state index contributed by atoms with van der Waals surface area (Å²) in [5.41, 5.74) is 0.978. The van der Waals surface area contributed by atoms with Gasteiger partial charge >= 0.3 is 0 Å². The molecule has 134 valence electrons. The molecule has 0 atom stereocenters. The molecule has 3 aromatic heterocycles. The number of benzene rings is 1. The molecule has 0 bridgehead atoms. The minimum atomic E-state index is -0.554. The molecule has 0 spiro atoms. The molecule has 27 heavy (non-hydrogen) atoms. The first kappa shape index (κ1) is 16.6. The summed E-state index contributed by atoms with van der Waals surface area (Å²) in [5, 5.41) is 10.3. The van der Waals surface area contributed by atoms with Gasteiger partial charge in [-0.1, -0.05) is 30.3 Å². The zero-order valence-corrected chi connectivity index (χ0v) is 14.3. The number of nitrogens with zero attached hydrogens (tertiary/aromatic N) is 1. The van der Waals surface area contributed by atoms with Crippen LogP contribution in [0.3, 0.4) is 0 Å². The molecule has 0 unspecified atom stereocenters. The predicted molar refractivity (Wildman–Crippen MR) is 100 cm³/mol. The largest absolute Gasteiger partial charge is 0.501 e. The molecular formula is C20H15N3O4. The van der Waals surface area contributed by atoms with E-state index in [0.717, 1.165) is 5.56 Å². The van der Waals surface area contributed by atoms with E-state index in [9.17, 15) is 14.7 Å². The average Bonchev–Trinajstić information content (AvgIpc) is 3.10. The Morgan fingerprint density at radius 3 is 2.59 bits per heavy atom. The van der Waals surface area contributed by atoms with E-state index in [0.29, 0.717) is 28.5 Å². The minimum Gasteiger partial charge on any atom is -0.501 e. The van der Waals surface area contributed by atoms with Crippen molar-refractivity contribution in [2.75, 3.05) is 0 Å². The van der Waals surface area contributed by atoms with E-state index < -0.39 is 11.2 Å². The Kier molecular flexibility index (Phi) is 3.97. The van der Waals surface area contributed by atoms with Crippen molar-refractivity contribution in [3.05, 3.63) is 81.1 Å². The first-order valence-corrected chi connectivity index (χ1v) is 8.22. The number of imidazole rings is 1. The monoisotopic (exact) mass is 361 g/mol. The second-order valence-electron chi connectivity index (χ2n) is 5.99. The third kappa shape index (κ3) is 2.95. The van der Waals surface area contributed by atoms with Gasteiger partial charge in [0.2, 0.25) is 11.2 Å². The zero-order chi connectivity index (χ0) is 19.0. The molecule has 0 aliphatic rings. The Morgan fingerprint density at radius 2 is 1.85 bits per heavy atom. The van der Waals surface area contributed by atoms with Crippen LogP contribution < -0.4 is 11.0 Å². The number of aromatic hydroxyl groups is 1. The second kappa shape index (κ2) is 6.45. The van der Waals surface area contributed by atoms with Crippen LogP contribution in [-0.2, 0) is 0 Å². The minimum absolute atomic E-state index is 0.0232. The van der Waals surface area contributed by atoms with Crippen molar-refractivity contribution in [2.24, 2.45) is 0 Å². The summed E-state index contributed by atoms with van der Waals surface area (Å²) in [7, 11) is 0. The van der Waals surface area contributed by atoms with E-state index in [1.54, 1.807) is 19.1 Å². The van der Waals surface area contributed by atoms with Crippen molar-refractivity contribution in [2.45, 2.75) is 6.92 Å². The maximum absolute atomic E-state index is 12.2. The van der Waals surface area contributed by atoms with E-state index in [4.69, 9.17) is 4.42 Å². The number of aromatic amines is 2. The lowest BCUT2D eigenvalue weighted by atomic mass is 10.1. The maximum atomic E-state index is 12.2. The van der Waals surface area contributed by atoms with Gasteiger partial charge in [-0.3, -0.25) is 9.59 Å². The summed E-state index contributed by atoms with van der Waals surface area (Å²) >= 11 is 0. The Morgan fingerprint density at radius 1 is 1.07 bits per heavy atom. The topological polar surface area (TPSA) is 112 Å². The lowest BCUT2D eigenvalue weighted by molar-refractivity contribution is 0.429. The van der Waals surface area contributed by atoms with Crippen LogP contribution in [0, 0.1) is 6.92 Å². The van der Waals surface area contributed by atoms with Gasteiger partial charge < -0.3 is 19.5 Å². The number of rotatable bonds is 3. The standard InChI is InChI=1S/C20H15N3O4/c1-11-10-14(24)17(25)18(27-11)16-15(12-6-3-2-4-7-12)22-19(23-16)13-8-5-9-21-20(13)26/h2-10,25H,1H3,(H,21,26)(H,22,23). The predicted octanol–water partition coefficient (Wildman–Crippen LogP) is 3.07. The molecule has 4 rings (SSSR count). The van der Waals surface area contributed by atoms with Gasteiger partial charge in [-0.15, -0.1) is 0 Å². The molecule has 0 amide bonds. The fourth-order valence-corrected chi connectivity index (χ4v) is 2.85. The summed E-state index contributed by atoms with van der Waals surface area (Å²) < 4.78 is 5.61. The molecule has 1 aromatic carbocycles. The Hall–Kier alpha value is -3.87. The van der Waals surface area contributed by atoms with Gasteiger partial charge in [0.1, 0.15) is 23.0 Å². The van der Waals surface area contributed by atoms with Crippen molar-refractivity contribution in [3.8, 4) is 39.8 Å². The maximum Gasteiger partial charge on any atom is 0.258 e. The van der Waals surface area contributed by atoms with Gasteiger partial charge in [-0.25, -0.2) is 4.98 Å². The smallest absolute Gasteiger partial charge is 0.258 e. The zero-order valence-electron chi connectivity index (χ0n) is 14.3. The summed E-state index contributed by atoms with van der Waals surface area (Å²) in [6.45, 7) is 1.62. The molecule has 0 aliphatic heterocycles. The quantitative estimate of drug-likeness (QED) is 0.519. The molecule has 4 aromatic rings. The van der Waals surface area contributed by atoms with Crippen LogP contribution in [-0.4, -0.2) is 20.1 Å². The van der Waals surface area contributed by atoms with Crippen molar-refractivity contribution in [1.29, 1.82) is 0 Å². The van der Waals surface area contributed by atoms with Crippen LogP contribution >= 0.6 is 0 Å². The highest BCUT2D eigenvalue weighted by molar-refractivity contribution is 5.81. The number of aromatic nitrogens is 3. The van der Waals surface area contributed by atoms with E-state index in [1.807, 2.05) is 30.3 Å². The third-order valence-electron chi connectivity index (χ3n) is 4.10. The average molecular weight is 361 g/mol. The molecule has 0 radical (unpaired) electrons. The van der Waals surface area contributed by atoms with Gasteiger partial charge in [0, 0.05) is 17.8 Å². The van der Waals surface area contributed by atoms with E-state index in [-0.39, 0.29) is 11.3 Å². The summed E-state index contributed by atoms with van der Waals surface area (Å²) in [4.78, 5) is 34.3. The lowest BCUT2D eigenvalue weighted by Gasteiger charge is -2.05. The van der Waals surface area contributed by atoms with Crippen LogP contribution in [0.1, 0.15) is 5.76 Å². The Bertz CT molecular complexity index is 1240. The molecule has 3 N–H and O–H groups in total. The van der Waals surface area contributed by atoms with Crippen LogP contribution in [0.5, 0.6) is 5.75 Å². The van der Waals surface area contributed by atoms with Crippen LogP contribution in [0.15, 0.2) is 68.7 Å². The van der Waals surface area contributed by atoms with Crippen molar-refractivity contribution < 1.29 is 9.52 Å². The van der Waals surface area contributed by atoms with Crippen LogP contribution in [0.25, 0.3) is 34.1 Å². The molecule has 7 heteroatoms. The number of hydrogen-bond donors (Lipinski definition) is 3. The van der Waals surface area contributed by atoms with Crippen LogP contribution in [0.4, 0.5) is 0 Å². The molecule has 0 aliphatic carbocycles. The van der Waals surface area contributed by atoms with Gasteiger partial charge in [-0.2, -0.15) is 0 Å². The van der Waals surface area contributed by atoms with Crippen LogP contribution in [0.2, 0.25) is 0 Å². The number of aryl methyl sites for hydroxylation is 1. The van der Waals surface area contributed by atoms with Gasteiger partial charge in [0.05, 0.1) is 5.56 Å². The fraction of sp³-hybridized carbons (Fsp3) is 0.0500. The first-order chi connectivity index (χ1) is 13.0. The number of nitrogens with one attached hydrogen (secondary N) is 2. The normalized spacial score (nSPS) is 10.9. The Labute approximate surface area is 153 Å². The fourth-order valence-electron chi connectivity index (χ4n) is 2.85. The van der Waals surface area contributed by atoms with Gasteiger partial charge in [-0.05, 0) is 19.1 Å². The lowest BCUT2D eigenvalue weighted by Crippen LogP contribution is -2.07. The molecule has 0 saturated carbocycles. The second-order valence-corrected chi connectivity index (χ2v) is 5.99. The highest BCUT2D eigenvalue weighted by Gasteiger charge is 2.22. The van der Waals surface area contributed by atoms with Crippen molar-refractivity contribution in [1.82, 2.24) is 15.0 Å². The molecule has 0 saturated heterocycles. The Balaban J connectivity index is 2.03. The van der Waals surface area contributed by atoms with E-state index >= 15 is 0 Å². The SMILES string of the molecule is Cc1cc(=O)c(O)c(-c2[nH]c(-c3ccc[nH]c3=O)nc2-c2ccccc2)o1. The molecule has 7 nitrogen and oxygen atoms in total. The highest BCUT2D eigenvalue weighted by atomic mass is 16.4. The summed E-state index contributed by atoms with van der Waals surface area (Å²) in [5.74, 6) is 0.106. The number of pyridine rings is 1. The summed E-state index contributed by atoms with van der Waals surface area (Å²) in [6, 6.07) is 13.7. The molecule has 3 heterocycles. The van der Waals surface area contributed by atoms with E-state index in [1.165, 1.54) is 12.3 Å². The highest BCUT2D eigenvalue weighted by Crippen LogP contribution is 2.35. The molecule has 0 fully saturated rings. The first-order valence-electron chi connectivity index (χ1n) is 8.22. The summed E-state index contributed by atoms with van der Waals surface area (Å²) in [6.07, 6.45) is 1.53. The van der Waals surface area contributed by atoms with Crippen molar-refractivity contribution in [3.63, 3.8) is 0 Å². The van der Waals surface area contributed by atoms with Gasteiger partial charge in [0.15, 0.2) is 5.76 Å².